The number of aromatic nitrogens is 1. The van der Waals surface area contributed by atoms with E-state index in [0.717, 1.165) is 16.7 Å². The monoisotopic (exact) mass is 343 g/mol. The second-order valence-corrected chi connectivity index (χ2v) is 6.26. The first-order valence-corrected chi connectivity index (χ1v) is 8.16. The van der Waals surface area contributed by atoms with Crippen LogP contribution in [0.2, 0.25) is 5.02 Å². The number of benzene rings is 1. The predicted molar refractivity (Wildman–Crippen MR) is 91.7 cm³/mol. The summed E-state index contributed by atoms with van der Waals surface area (Å²) in [6, 6.07) is 7.39. The first kappa shape index (κ1) is 16.5. The van der Waals surface area contributed by atoms with Crippen molar-refractivity contribution in [3.63, 3.8) is 0 Å². The molecule has 2 amide bonds. The maximum absolute atomic E-state index is 12.5. The van der Waals surface area contributed by atoms with Crippen LogP contribution in [0.4, 0.5) is 0 Å². The Morgan fingerprint density at radius 3 is 2.92 bits per heavy atom. The minimum atomic E-state index is -0.157. The fraction of sp³-hybridized carbons (Fsp3) is 0.278. The summed E-state index contributed by atoms with van der Waals surface area (Å²) in [5.41, 5.74) is 3.44. The van der Waals surface area contributed by atoms with E-state index in [0.29, 0.717) is 36.6 Å². The van der Waals surface area contributed by atoms with Crippen LogP contribution in [0.15, 0.2) is 36.7 Å². The van der Waals surface area contributed by atoms with Gasteiger partial charge in [-0.2, -0.15) is 0 Å². The summed E-state index contributed by atoms with van der Waals surface area (Å²) in [5, 5.41) is 3.55. The lowest BCUT2D eigenvalue weighted by atomic mass is 9.96. The van der Waals surface area contributed by atoms with E-state index in [-0.39, 0.29) is 11.8 Å². The van der Waals surface area contributed by atoms with Gasteiger partial charge in [0, 0.05) is 44.0 Å². The Hall–Kier alpha value is -2.40. The molecule has 2 heterocycles. The van der Waals surface area contributed by atoms with Crippen molar-refractivity contribution in [2.45, 2.75) is 26.4 Å². The molecule has 2 aromatic rings. The van der Waals surface area contributed by atoms with Crippen LogP contribution in [0.5, 0.6) is 0 Å². The van der Waals surface area contributed by atoms with Crippen LogP contribution >= 0.6 is 11.6 Å². The number of nitrogens with one attached hydrogen (secondary N) is 1. The van der Waals surface area contributed by atoms with Crippen LogP contribution in [-0.4, -0.2) is 28.2 Å². The van der Waals surface area contributed by atoms with E-state index in [1.807, 2.05) is 18.2 Å². The summed E-state index contributed by atoms with van der Waals surface area (Å²) >= 11 is 5.96. The molecule has 6 heteroatoms. The van der Waals surface area contributed by atoms with Crippen molar-refractivity contribution in [2.24, 2.45) is 0 Å². The number of fused-ring (bicyclic) bond motifs is 1. The molecule has 0 fully saturated rings. The molecule has 0 unspecified atom stereocenters. The van der Waals surface area contributed by atoms with E-state index in [2.05, 4.69) is 10.3 Å². The van der Waals surface area contributed by atoms with Crippen LogP contribution in [0.25, 0.3) is 0 Å². The Balaban J connectivity index is 1.74. The lowest BCUT2D eigenvalue weighted by Gasteiger charge is -2.28. The third-order valence-corrected chi connectivity index (χ3v) is 4.41. The van der Waals surface area contributed by atoms with Gasteiger partial charge in [0.2, 0.25) is 5.91 Å². The maximum Gasteiger partial charge on any atom is 0.253 e. The van der Waals surface area contributed by atoms with Gasteiger partial charge < -0.3 is 10.2 Å². The predicted octanol–water partition coefficient (Wildman–Crippen LogP) is 2.57. The molecule has 0 saturated heterocycles. The molecule has 0 aliphatic carbocycles. The van der Waals surface area contributed by atoms with Gasteiger partial charge >= 0.3 is 0 Å². The molecule has 124 valence electrons. The highest BCUT2D eigenvalue weighted by Gasteiger charge is 2.23. The van der Waals surface area contributed by atoms with Gasteiger partial charge in [-0.1, -0.05) is 23.7 Å². The fourth-order valence-electron chi connectivity index (χ4n) is 2.88. The molecule has 0 bridgehead atoms. The van der Waals surface area contributed by atoms with Gasteiger partial charge in [0.05, 0.1) is 5.56 Å². The first-order valence-electron chi connectivity index (χ1n) is 7.78. The van der Waals surface area contributed by atoms with Crippen molar-refractivity contribution in [2.75, 3.05) is 6.54 Å². The van der Waals surface area contributed by atoms with Gasteiger partial charge in [-0.25, -0.2) is 0 Å². The first-order chi connectivity index (χ1) is 11.5. The topological polar surface area (TPSA) is 62.3 Å². The van der Waals surface area contributed by atoms with Crippen LogP contribution in [-0.2, 0) is 24.3 Å². The quantitative estimate of drug-likeness (QED) is 0.931. The van der Waals surface area contributed by atoms with Crippen molar-refractivity contribution in [3.8, 4) is 0 Å². The minimum absolute atomic E-state index is 0.0384. The second kappa shape index (κ2) is 7.01. The van der Waals surface area contributed by atoms with Crippen molar-refractivity contribution in [1.29, 1.82) is 0 Å². The number of amides is 2. The molecule has 1 aliphatic rings. The van der Waals surface area contributed by atoms with Crippen LogP contribution in [0, 0.1) is 0 Å². The molecule has 1 aliphatic heterocycles. The lowest BCUT2D eigenvalue weighted by molar-refractivity contribution is -0.129. The van der Waals surface area contributed by atoms with Gasteiger partial charge in [-0.3, -0.25) is 14.6 Å². The molecule has 0 radical (unpaired) electrons. The number of rotatable bonds is 3. The van der Waals surface area contributed by atoms with Gasteiger partial charge in [0.1, 0.15) is 0 Å². The van der Waals surface area contributed by atoms with E-state index in [1.165, 1.54) is 0 Å². The smallest absolute Gasteiger partial charge is 0.253 e. The number of carbonyl (C=O) groups excluding carboxylic acids is 2. The highest BCUT2D eigenvalue weighted by atomic mass is 35.5. The van der Waals surface area contributed by atoms with Crippen LogP contribution in [0.1, 0.15) is 34.0 Å². The van der Waals surface area contributed by atoms with E-state index >= 15 is 0 Å². The molecule has 1 N–H and O–H groups in total. The average Bonchev–Trinajstić information content (AvgIpc) is 2.58. The zero-order valence-electron chi connectivity index (χ0n) is 13.4. The third-order valence-electron chi connectivity index (χ3n) is 4.17. The van der Waals surface area contributed by atoms with Crippen LogP contribution in [0.3, 0.4) is 0 Å². The molecular weight excluding hydrogens is 326 g/mol. The Morgan fingerprint density at radius 1 is 1.33 bits per heavy atom. The van der Waals surface area contributed by atoms with Crippen molar-refractivity contribution in [3.05, 3.63) is 63.9 Å². The van der Waals surface area contributed by atoms with E-state index in [4.69, 9.17) is 11.6 Å². The number of hydrogen-bond donors (Lipinski definition) is 1. The van der Waals surface area contributed by atoms with Gasteiger partial charge in [-0.15, -0.1) is 0 Å². The summed E-state index contributed by atoms with van der Waals surface area (Å²) in [6.45, 7) is 3.09. The van der Waals surface area contributed by atoms with Gasteiger partial charge in [0.25, 0.3) is 5.91 Å². The highest BCUT2D eigenvalue weighted by Crippen LogP contribution is 2.22. The number of halogens is 1. The maximum atomic E-state index is 12.5. The Morgan fingerprint density at radius 2 is 2.17 bits per heavy atom. The van der Waals surface area contributed by atoms with E-state index < -0.39 is 0 Å². The molecular formula is C18H18ClN3O2. The number of hydrogen-bond acceptors (Lipinski definition) is 3. The fourth-order valence-corrected chi connectivity index (χ4v) is 3.10. The Bertz CT molecular complexity index is 792. The third kappa shape index (κ3) is 3.57. The van der Waals surface area contributed by atoms with Gasteiger partial charge in [0.15, 0.2) is 0 Å². The average molecular weight is 344 g/mol. The summed E-state index contributed by atoms with van der Waals surface area (Å²) in [7, 11) is 0. The summed E-state index contributed by atoms with van der Waals surface area (Å²) in [5.74, 6) is -0.118. The number of nitrogens with zero attached hydrogens (tertiary/aromatic N) is 2. The summed E-state index contributed by atoms with van der Waals surface area (Å²) in [6.07, 6.45) is 3.99. The number of pyridine rings is 1. The molecule has 0 atom stereocenters. The van der Waals surface area contributed by atoms with Crippen LogP contribution < -0.4 is 5.32 Å². The Kier molecular flexibility index (Phi) is 4.81. The molecule has 0 saturated carbocycles. The summed E-state index contributed by atoms with van der Waals surface area (Å²) in [4.78, 5) is 30.0. The SMILES string of the molecule is CC(=O)N1CCc2c(cncc2C(=O)NCc2cccc(Cl)c2)C1. The normalized spacial score (nSPS) is 13.3. The van der Waals surface area contributed by atoms with E-state index in [1.54, 1.807) is 30.3 Å². The second-order valence-electron chi connectivity index (χ2n) is 5.83. The van der Waals surface area contributed by atoms with E-state index in [9.17, 15) is 9.59 Å². The number of carbonyl (C=O) groups is 2. The van der Waals surface area contributed by atoms with Crippen molar-refractivity contribution in [1.82, 2.24) is 15.2 Å². The Labute approximate surface area is 145 Å². The molecule has 5 nitrogen and oxygen atoms in total. The minimum Gasteiger partial charge on any atom is -0.348 e. The lowest BCUT2D eigenvalue weighted by Crippen LogP contribution is -2.36. The van der Waals surface area contributed by atoms with Crippen molar-refractivity contribution >= 4 is 23.4 Å². The molecule has 1 aromatic carbocycles. The van der Waals surface area contributed by atoms with Gasteiger partial charge in [-0.05, 0) is 35.2 Å². The zero-order valence-corrected chi connectivity index (χ0v) is 14.1. The highest BCUT2D eigenvalue weighted by molar-refractivity contribution is 6.30. The largest absolute Gasteiger partial charge is 0.348 e. The molecule has 0 spiro atoms. The molecule has 24 heavy (non-hydrogen) atoms. The molecule has 1 aromatic heterocycles. The standard InChI is InChI=1S/C18H18ClN3O2/c1-12(23)22-6-5-16-14(11-22)9-20-10-17(16)18(24)21-8-13-3-2-4-15(19)7-13/h2-4,7,9-10H,5-6,8,11H2,1H3,(H,21,24). The van der Waals surface area contributed by atoms with Crippen molar-refractivity contribution < 1.29 is 9.59 Å². The summed E-state index contributed by atoms with van der Waals surface area (Å²) < 4.78 is 0. The zero-order chi connectivity index (χ0) is 17.1. The molecule has 3 rings (SSSR count).